The number of urea groups is 1. The van der Waals surface area contributed by atoms with Gasteiger partial charge in [-0.15, -0.1) is 0 Å². The zero-order chi connectivity index (χ0) is 9.84. The number of hydrogen-bond donors (Lipinski definition) is 2. The van der Waals surface area contributed by atoms with Crippen molar-refractivity contribution in [2.45, 2.75) is 33.1 Å². The molecule has 1 fully saturated rings. The minimum Gasteiger partial charge on any atom is -0.350 e. The molecule has 2 atom stereocenters. The van der Waals surface area contributed by atoms with E-state index < -0.39 is 6.03 Å². The number of nitrogens with one attached hydrogen (secondary N) is 1. The molecule has 1 rings (SSSR count). The highest BCUT2D eigenvalue weighted by Gasteiger charge is 2.19. The molecule has 0 heterocycles. The quantitative estimate of drug-likeness (QED) is 0.594. The van der Waals surface area contributed by atoms with Crippen molar-refractivity contribution in [3.63, 3.8) is 0 Å². The Morgan fingerprint density at radius 1 is 1.46 bits per heavy atom. The molecule has 0 spiro atoms. The first-order chi connectivity index (χ1) is 6.08. The summed E-state index contributed by atoms with van der Waals surface area (Å²) in [6.07, 6.45) is 3.20. The molecule has 1 aliphatic rings. The van der Waals surface area contributed by atoms with Crippen LogP contribution in [0.15, 0.2) is 5.10 Å². The summed E-state index contributed by atoms with van der Waals surface area (Å²) >= 11 is 0. The maximum absolute atomic E-state index is 10.4. The molecule has 3 N–H and O–H groups in total. The van der Waals surface area contributed by atoms with Crippen molar-refractivity contribution < 1.29 is 4.79 Å². The van der Waals surface area contributed by atoms with Gasteiger partial charge in [-0.1, -0.05) is 13.8 Å². The molecule has 74 valence electrons. The Balaban J connectivity index is 2.49. The van der Waals surface area contributed by atoms with Gasteiger partial charge in [-0.25, -0.2) is 10.2 Å². The summed E-state index contributed by atoms with van der Waals surface area (Å²) in [6, 6.07) is -0.585. The van der Waals surface area contributed by atoms with Crippen molar-refractivity contribution in [3.8, 4) is 0 Å². The van der Waals surface area contributed by atoms with Crippen LogP contribution in [-0.2, 0) is 0 Å². The second kappa shape index (κ2) is 4.25. The van der Waals surface area contributed by atoms with E-state index in [0.29, 0.717) is 11.8 Å². The zero-order valence-electron chi connectivity index (χ0n) is 8.21. The van der Waals surface area contributed by atoms with E-state index in [-0.39, 0.29) is 0 Å². The third kappa shape index (κ3) is 3.44. The number of primary amides is 1. The average Bonchev–Trinajstić information content (AvgIpc) is 1.99. The molecule has 0 saturated heterocycles. The first-order valence-electron chi connectivity index (χ1n) is 4.68. The van der Waals surface area contributed by atoms with Gasteiger partial charge in [-0.2, -0.15) is 5.10 Å². The van der Waals surface area contributed by atoms with Crippen molar-refractivity contribution >= 4 is 11.7 Å². The van der Waals surface area contributed by atoms with Gasteiger partial charge >= 0.3 is 6.03 Å². The molecule has 2 amide bonds. The SMILES string of the molecule is CC1CC(=NNC(N)=O)CC(C)C1. The van der Waals surface area contributed by atoms with Crippen LogP contribution < -0.4 is 11.2 Å². The molecule has 4 nitrogen and oxygen atoms in total. The molecule has 0 aromatic heterocycles. The summed E-state index contributed by atoms with van der Waals surface area (Å²) in [5.74, 6) is 1.33. The van der Waals surface area contributed by atoms with Gasteiger partial charge in [0.2, 0.25) is 0 Å². The van der Waals surface area contributed by atoms with Gasteiger partial charge < -0.3 is 5.73 Å². The standard InChI is InChI=1S/C9H17N3O/c1-6-3-7(2)5-8(4-6)11-12-9(10)13/h6-7H,3-5H2,1-2H3,(H3,10,12,13). The van der Waals surface area contributed by atoms with Crippen LogP contribution in [-0.4, -0.2) is 11.7 Å². The fourth-order valence-corrected chi connectivity index (χ4v) is 1.97. The summed E-state index contributed by atoms with van der Waals surface area (Å²) in [6.45, 7) is 4.41. The third-order valence-electron chi connectivity index (χ3n) is 2.30. The lowest BCUT2D eigenvalue weighted by atomic mass is 9.82. The minimum atomic E-state index is -0.585. The highest BCUT2D eigenvalue weighted by atomic mass is 16.2. The Labute approximate surface area is 78.6 Å². The molecule has 1 saturated carbocycles. The number of hydrazone groups is 1. The Morgan fingerprint density at radius 3 is 2.46 bits per heavy atom. The topological polar surface area (TPSA) is 67.5 Å². The summed E-state index contributed by atoms with van der Waals surface area (Å²) in [5, 5.41) is 3.98. The number of carbonyl (C=O) groups excluding carboxylic acids is 1. The van der Waals surface area contributed by atoms with Crippen LogP contribution in [0.4, 0.5) is 4.79 Å². The molecule has 0 aliphatic heterocycles. The van der Waals surface area contributed by atoms with Crippen molar-refractivity contribution in [1.29, 1.82) is 0 Å². The largest absolute Gasteiger partial charge is 0.350 e. The van der Waals surface area contributed by atoms with Gasteiger partial charge in [0.25, 0.3) is 0 Å². The second-order valence-corrected chi connectivity index (χ2v) is 4.01. The minimum absolute atomic E-state index is 0.585. The number of nitrogens with two attached hydrogens (primary N) is 1. The summed E-state index contributed by atoms with van der Waals surface area (Å²) in [4.78, 5) is 10.4. The Bertz CT molecular complexity index is 213. The lowest BCUT2D eigenvalue weighted by Gasteiger charge is -2.24. The first kappa shape index (κ1) is 10.0. The van der Waals surface area contributed by atoms with E-state index in [1.54, 1.807) is 0 Å². The average molecular weight is 183 g/mol. The Hall–Kier alpha value is -1.06. The zero-order valence-corrected chi connectivity index (χ0v) is 8.21. The van der Waals surface area contributed by atoms with Crippen molar-refractivity contribution in [2.75, 3.05) is 0 Å². The molecule has 13 heavy (non-hydrogen) atoms. The molecule has 1 aliphatic carbocycles. The Morgan fingerprint density at radius 2 is 2.00 bits per heavy atom. The monoisotopic (exact) mass is 183 g/mol. The second-order valence-electron chi connectivity index (χ2n) is 4.01. The van der Waals surface area contributed by atoms with Gasteiger partial charge in [-0.3, -0.25) is 0 Å². The highest BCUT2D eigenvalue weighted by Crippen LogP contribution is 2.26. The van der Waals surface area contributed by atoms with Gasteiger partial charge in [-0.05, 0) is 31.1 Å². The molecule has 0 bridgehead atoms. The van der Waals surface area contributed by atoms with Gasteiger partial charge in [0, 0.05) is 5.71 Å². The van der Waals surface area contributed by atoms with Crippen LogP contribution in [0.25, 0.3) is 0 Å². The molecular weight excluding hydrogens is 166 g/mol. The summed E-state index contributed by atoms with van der Waals surface area (Å²) in [7, 11) is 0. The number of nitrogens with zero attached hydrogens (tertiary/aromatic N) is 1. The van der Waals surface area contributed by atoms with Crippen LogP contribution >= 0.6 is 0 Å². The number of hydrogen-bond acceptors (Lipinski definition) is 2. The smallest absolute Gasteiger partial charge is 0.332 e. The van der Waals surface area contributed by atoms with E-state index in [2.05, 4.69) is 24.4 Å². The fraction of sp³-hybridized carbons (Fsp3) is 0.778. The van der Waals surface area contributed by atoms with Crippen LogP contribution in [0.1, 0.15) is 33.1 Å². The van der Waals surface area contributed by atoms with Crippen LogP contribution in [0.3, 0.4) is 0 Å². The van der Waals surface area contributed by atoms with Gasteiger partial charge in [0.15, 0.2) is 0 Å². The lowest BCUT2D eigenvalue weighted by molar-refractivity contribution is 0.249. The van der Waals surface area contributed by atoms with E-state index in [4.69, 9.17) is 5.73 Å². The maximum atomic E-state index is 10.4. The number of amides is 2. The van der Waals surface area contributed by atoms with E-state index in [1.807, 2.05) is 0 Å². The number of rotatable bonds is 1. The number of carbonyl (C=O) groups is 1. The van der Waals surface area contributed by atoms with Crippen molar-refractivity contribution in [1.82, 2.24) is 5.43 Å². The van der Waals surface area contributed by atoms with Gasteiger partial charge in [0.05, 0.1) is 0 Å². The third-order valence-corrected chi connectivity index (χ3v) is 2.30. The molecule has 4 heteroatoms. The van der Waals surface area contributed by atoms with Crippen LogP contribution in [0.2, 0.25) is 0 Å². The summed E-state index contributed by atoms with van der Waals surface area (Å²) in [5.41, 5.74) is 8.27. The molecule has 2 unspecified atom stereocenters. The molecule has 0 aromatic rings. The van der Waals surface area contributed by atoms with E-state index in [9.17, 15) is 4.79 Å². The first-order valence-corrected chi connectivity index (χ1v) is 4.68. The van der Waals surface area contributed by atoms with Crippen LogP contribution in [0, 0.1) is 11.8 Å². The molecular formula is C9H17N3O. The Kier molecular flexibility index (Phi) is 3.28. The highest BCUT2D eigenvalue weighted by molar-refractivity contribution is 5.86. The van der Waals surface area contributed by atoms with E-state index in [1.165, 1.54) is 6.42 Å². The predicted molar refractivity (Wildman–Crippen MR) is 52.3 cm³/mol. The van der Waals surface area contributed by atoms with Crippen molar-refractivity contribution in [3.05, 3.63) is 0 Å². The normalized spacial score (nSPS) is 28.3. The maximum Gasteiger partial charge on any atom is 0.332 e. The summed E-state index contributed by atoms with van der Waals surface area (Å²) < 4.78 is 0. The lowest BCUT2D eigenvalue weighted by Crippen LogP contribution is -2.28. The van der Waals surface area contributed by atoms with Gasteiger partial charge in [0.1, 0.15) is 0 Å². The predicted octanol–water partition coefficient (Wildman–Crippen LogP) is 1.47. The fourth-order valence-electron chi connectivity index (χ4n) is 1.97. The van der Waals surface area contributed by atoms with E-state index >= 15 is 0 Å². The molecule has 0 aromatic carbocycles. The van der Waals surface area contributed by atoms with E-state index in [0.717, 1.165) is 18.6 Å². The van der Waals surface area contributed by atoms with Crippen molar-refractivity contribution in [2.24, 2.45) is 22.7 Å². The molecule has 0 radical (unpaired) electrons. The van der Waals surface area contributed by atoms with Crippen LogP contribution in [0.5, 0.6) is 0 Å².